The number of nitrogens with one attached hydrogen (secondary N) is 1. The van der Waals surface area contributed by atoms with Crippen LogP contribution in [0.15, 0.2) is 40.7 Å². The fourth-order valence-corrected chi connectivity index (χ4v) is 4.52. The molecule has 0 spiro atoms. The van der Waals surface area contributed by atoms with E-state index in [4.69, 9.17) is 14.2 Å². The lowest BCUT2D eigenvalue weighted by Gasteiger charge is -2.34. The molecule has 1 aromatic rings. The molecule has 30 heavy (non-hydrogen) atoms. The second kappa shape index (κ2) is 10.1. The smallest absolute Gasteiger partial charge is 0.336 e. The average Bonchev–Trinajstić information content (AvgIpc) is 2.75. The number of ketones is 1. The molecule has 1 atom stereocenters. The molecule has 2 aliphatic rings. The minimum Gasteiger partial charge on any atom is -0.493 e. The molecule has 0 unspecified atom stereocenters. The number of allylic oxidation sites excluding steroid dienone is 3. The van der Waals surface area contributed by atoms with Gasteiger partial charge in [0.2, 0.25) is 0 Å². The molecule has 1 aromatic carbocycles. The van der Waals surface area contributed by atoms with E-state index >= 15 is 0 Å². The number of ether oxygens (including phenoxy) is 3. The topological polar surface area (TPSA) is 73.9 Å². The zero-order valence-electron chi connectivity index (χ0n) is 18.0. The normalized spacial score (nSPS) is 18.7. The lowest BCUT2D eigenvalue weighted by atomic mass is 9.75. The van der Waals surface area contributed by atoms with Gasteiger partial charge in [-0.25, -0.2) is 4.79 Å². The number of hydrogen-bond donors (Lipinski definition) is 1. The number of hydrogen-bond acceptors (Lipinski definition) is 7. The fraction of sp³-hybridized carbons (Fsp3) is 0.478. The number of rotatable bonds is 8. The highest BCUT2D eigenvalue weighted by molar-refractivity contribution is 7.99. The molecule has 0 saturated carbocycles. The first-order chi connectivity index (χ1) is 14.5. The van der Waals surface area contributed by atoms with Crippen molar-refractivity contribution in [2.45, 2.75) is 39.0 Å². The maximum absolute atomic E-state index is 13.1. The van der Waals surface area contributed by atoms with Crippen LogP contribution in [-0.2, 0) is 14.3 Å². The van der Waals surface area contributed by atoms with Gasteiger partial charge in [-0.3, -0.25) is 4.79 Å². The van der Waals surface area contributed by atoms with Crippen molar-refractivity contribution in [3.8, 4) is 11.5 Å². The van der Waals surface area contributed by atoms with E-state index in [1.165, 1.54) is 0 Å². The second-order valence-electron chi connectivity index (χ2n) is 7.21. The number of thioether (sulfide) groups is 1. The van der Waals surface area contributed by atoms with Crippen molar-refractivity contribution in [3.05, 3.63) is 46.3 Å². The van der Waals surface area contributed by atoms with Crippen molar-refractivity contribution in [2.75, 3.05) is 32.3 Å². The third-order valence-corrected chi connectivity index (χ3v) is 6.27. The lowest BCUT2D eigenvalue weighted by Crippen LogP contribution is -2.34. The van der Waals surface area contributed by atoms with Gasteiger partial charge in [-0.2, -0.15) is 11.8 Å². The van der Waals surface area contributed by atoms with Crippen LogP contribution in [0.2, 0.25) is 0 Å². The van der Waals surface area contributed by atoms with Crippen molar-refractivity contribution >= 4 is 23.5 Å². The van der Waals surface area contributed by atoms with Crippen molar-refractivity contribution in [1.29, 1.82) is 0 Å². The molecule has 0 radical (unpaired) electrons. The third kappa shape index (κ3) is 4.51. The van der Waals surface area contributed by atoms with E-state index in [9.17, 15) is 9.59 Å². The van der Waals surface area contributed by atoms with E-state index in [1.54, 1.807) is 32.0 Å². The second-order valence-corrected chi connectivity index (χ2v) is 8.61. The van der Waals surface area contributed by atoms with Crippen LogP contribution in [0.4, 0.5) is 0 Å². The molecule has 3 rings (SSSR count). The van der Waals surface area contributed by atoms with Gasteiger partial charge < -0.3 is 19.5 Å². The van der Waals surface area contributed by atoms with Gasteiger partial charge in [-0.15, -0.1) is 0 Å². The summed E-state index contributed by atoms with van der Waals surface area (Å²) in [4.78, 5) is 26.0. The van der Waals surface area contributed by atoms with Crippen LogP contribution in [0.5, 0.6) is 11.5 Å². The minimum atomic E-state index is -0.486. The molecule has 6 nitrogen and oxygen atoms in total. The number of methoxy groups -OCH3 is 2. The van der Waals surface area contributed by atoms with Crippen molar-refractivity contribution in [3.63, 3.8) is 0 Å². The largest absolute Gasteiger partial charge is 0.493 e. The summed E-state index contributed by atoms with van der Waals surface area (Å²) in [6.07, 6.45) is 2.08. The van der Waals surface area contributed by atoms with Gasteiger partial charge in [0.25, 0.3) is 0 Å². The van der Waals surface area contributed by atoms with Gasteiger partial charge >= 0.3 is 5.97 Å². The Morgan fingerprint density at radius 2 is 1.97 bits per heavy atom. The van der Waals surface area contributed by atoms with Crippen molar-refractivity contribution < 1.29 is 23.8 Å². The highest BCUT2D eigenvalue weighted by atomic mass is 32.2. The molecule has 1 N–H and O–H groups in total. The third-order valence-electron chi connectivity index (χ3n) is 5.40. The van der Waals surface area contributed by atoms with E-state index in [1.807, 2.05) is 19.1 Å². The molecule has 0 amide bonds. The van der Waals surface area contributed by atoms with Crippen LogP contribution in [-0.4, -0.2) is 44.1 Å². The SMILES string of the molecule is CCSCCOC(=O)C1=C(C)NC2=C(C(=O)CCC2)[C@@H]1c1ccc(OC)c(OC)c1. The van der Waals surface area contributed by atoms with Crippen LogP contribution in [0, 0.1) is 0 Å². The summed E-state index contributed by atoms with van der Waals surface area (Å²) in [6, 6.07) is 5.53. The Bertz CT molecular complexity index is 890. The first-order valence-corrected chi connectivity index (χ1v) is 11.4. The molecule has 1 aliphatic heterocycles. The van der Waals surface area contributed by atoms with Gasteiger partial charge in [0.1, 0.15) is 6.61 Å². The zero-order valence-corrected chi connectivity index (χ0v) is 18.8. The van der Waals surface area contributed by atoms with E-state index in [0.29, 0.717) is 35.7 Å². The van der Waals surface area contributed by atoms with Gasteiger partial charge in [-0.1, -0.05) is 13.0 Å². The Hall–Kier alpha value is -2.41. The summed E-state index contributed by atoms with van der Waals surface area (Å²) in [5.74, 6) is 2.07. The Morgan fingerprint density at radius 1 is 1.20 bits per heavy atom. The summed E-state index contributed by atoms with van der Waals surface area (Å²) in [5, 5.41) is 3.31. The molecule has 1 aliphatic carbocycles. The molecule has 7 heteroatoms. The molecular weight excluding hydrogens is 402 g/mol. The van der Waals surface area contributed by atoms with Gasteiger partial charge in [-0.05, 0) is 43.2 Å². The highest BCUT2D eigenvalue weighted by Gasteiger charge is 2.39. The first-order valence-electron chi connectivity index (χ1n) is 10.2. The van der Waals surface area contributed by atoms with Crippen LogP contribution >= 0.6 is 11.8 Å². The van der Waals surface area contributed by atoms with Crippen LogP contribution in [0.25, 0.3) is 0 Å². The van der Waals surface area contributed by atoms with Crippen LogP contribution < -0.4 is 14.8 Å². The summed E-state index contributed by atoms with van der Waals surface area (Å²) < 4.78 is 16.4. The molecule has 1 heterocycles. The number of carbonyl (C=O) groups excluding carboxylic acids is 2. The van der Waals surface area contributed by atoms with E-state index in [-0.39, 0.29) is 11.8 Å². The highest BCUT2D eigenvalue weighted by Crippen LogP contribution is 2.44. The lowest BCUT2D eigenvalue weighted by molar-refractivity contribution is -0.138. The predicted molar refractivity (Wildman–Crippen MR) is 118 cm³/mol. The quantitative estimate of drug-likeness (QED) is 0.493. The van der Waals surface area contributed by atoms with E-state index in [0.717, 1.165) is 41.3 Å². The maximum atomic E-state index is 13.1. The van der Waals surface area contributed by atoms with Crippen LogP contribution in [0.1, 0.15) is 44.6 Å². The maximum Gasteiger partial charge on any atom is 0.336 e. The monoisotopic (exact) mass is 431 g/mol. The Labute approximate surface area is 182 Å². The van der Waals surface area contributed by atoms with Gasteiger partial charge in [0, 0.05) is 35.1 Å². The standard InChI is InChI=1S/C23H29NO5S/c1-5-30-12-11-29-23(26)20-14(2)24-16-7-6-8-17(25)22(16)21(20)15-9-10-18(27-3)19(13-15)28-4/h9-10,13,21,24H,5-8,11-12H2,1-4H3/t21-/m1/s1. The number of benzene rings is 1. The first kappa shape index (κ1) is 22.3. The Kier molecular flexibility index (Phi) is 7.48. The van der Waals surface area contributed by atoms with Crippen LogP contribution in [0.3, 0.4) is 0 Å². The summed E-state index contributed by atoms with van der Waals surface area (Å²) in [7, 11) is 3.15. The number of carbonyl (C=O) groups is 2. The number of dihydropyridines is 1. The molecule has 0 aromatic heterocycles. The zero-order chi connectivity index (χ0) is 21.7. The Morgan fingerprint density at radius 3 is 2.67 bits per heavy atom. The fourth-order valence-electron chi connectivity index (χ4n) is 4.03. The minimum absolute atomic E-state index is 0.0721. The van der Waals surface area contributed by atoms with Crippen molar-refractivity contribution in [1.82, 2.24) is 5.32 Å². The Balaban J connectivity index is 2.04. The number of esters is 1. The molecule has 0 bridgehead atoms. The molecule has 162 valence electrons. The van der Waals surface area contributed by atoms with Gasteiger partial charge in [0.05, 0.1) is 19.8 Å². The molecular formula is C23H29NO5S. The number of Topliss-reactive ketones (excluding diaryl/α,β-unsaturated/α-hetero) is 1. The van der Waals surface area contributed by atoms with Crippen molar-refractivity contribution in [2.24, 2.45) is 0 Å². The molecule has 0 saturated heterocycles. The summed E-state index contributed by atoms with van der Waals surface area (Å²) >= 11 is 1.72. The van der Waals surface area contributed by atoms with E-state index < -0.39 is 5.92 Å². The van der Waals surface area contributed by atoms with E-state index in [2.05, 4.69) is 12.2 Å². The molecule has 0 fully saturated rings. The summed E-state index contributed by atoms with van der Waals surface area (Å²) in [6.45, 7) is 4.28. The summed E-state index contributed by atoms with van der Waals surface area (Å²) in [5.41, 5.74) is 3.59. The van der Waals surface area contributed by atoms with Gasteiger partial charge in [0.15, 0.2) is 17.3 Å². The average molecular weight is 432 g/mol. The predicted octanol–water partition coefficient (Wildman–Crippen LogP) is 3.97.